The van der Waals surface area contributed by atoms with E-state index in [2.05, 4.69) is 50.2 Å². The van der Waals surface area contributed by atoms with Gasteiger partial charge in [0.15, 0.2) is 11.4 Å². The summed E-state index contributed by atoms with van der Waals surface area (Å²) in [5, 5.41) is 7.75. The van der Waals surface area contributed by atoms with Crippen molar-refractivity contribution < 1.29 is 28.4 Å². The summed E-state index contributed by atoms with van der Waals surface area (Å²) < 4.78 is 18.3. The first kappa shape index (κ1) is 41.1. The van der Waals surface area contributed by atoms with Crippen molar-refractivity contribution in [1.29, 1.82) is 0 Å². The Bertz CT molecular complexity index is 1980. The number of aromatic nitrogens is 1. The van der Waals surface area contributed by atoms with E-state index < -0.39 is 11.6 Å². The minimum atomic E-state index is -0.979. The van der Waals surface area contributed by atoms with E-state index in [1.807, 2.05) is 6.20 Å². The first-order valence-corrected chi connectivity index (χ1v) is 23.4. The van der Waals surface area contributed by atoms with Crippen LogP contribution < -0.4 is 11.1 Å². The van der Waals surface area contributed by atoms with Gasteiger partial charge in [-0.15, -0.1) is 6.42 Å². The zero-order valence-electron chi connectivity index (χ0n) is 36.5. The number of ketones is 1. The summed E-state index contributed by atoms with van der Waals surface area (Å²) in [5.74, 6) is 7.06. The molecule has 8 aliphatic rings. The Kier molecular flexibility index (Phi) is 10.5. The first-order valence-electron chi connectivity index (χ1n) is 23.4. The van der Waals surface area contributed by atoms with Gasteiger partial charge in [-0.3, -0.25) is 14.4 Å². The third-order valence-corrected chi connectivity index (χ3v) is 19.2. The lowest BCUT2D eigenvalue weighted by Crippen LogP contribution is -2.56. The summed E-state index contributed by atoms with van der Waals surface area (Å²) in [6.45, 7) is 13.5. The van der Waals surface area contributed by atoms with Gasteiger partial charge in [-0.1, -0.05) is 56.0 Å². The van der Waals surface area contributed by atoms with Crippen LogP contribution in [-0.4, -0.2) is 54.2 Å². The SMILES string of the molecule is C#C[C@@]1(OC(=O)CCC(=O)O[C@H]2CC[C@@]3(C)C(=CC[C@H]4[C@@H]5CC[C@H](C(C)=O)[C@@]5(C)CC[C@@H]43)C2)CC[C@H]2[C@@H]3CCC4=C(CNCCN)c5oncc5C[C@]4(C)[C@H]3CC[C@@]21C. The fourth-order valence-corrected chi connectivity index (χ4v) is 16.2. The Balaban J connectivity index is 0.811. The van der Waals surface area contributed by atoms with Crippen molar-refractivity contribution in [3.63, 3.8) is 0 Å². The van der Waals surface area contributed by atoms with E-state index in [-0.39, 0.29) is 52.5 Å². The number of hydrogen-bond donors (Lipinski definition) is 2. The highest BCUT2D eigenvalue weighted by atomic mass is 16.6. The first-order chi connectivity index (χ1) is 28.2. The molecule has 1 aromatic rings. The number of esters is 2. The van der Waals surface area contributed by atoms with E-state index in [1.165, 1.54) is 35.1 Å². The van der Waals surface area contributed by atoms with Gasteiger partial charge >= 0.3 is 11.9 Å². The van der Waals surface area contributed by atoms with Gasteiger partial charge in [0.05, 0.1) is 19.0 Å². The number of rotatable bonds is 10. The predicted molar refractivity (Wildman–Crippen MR) is 226 cm³/mol. The van der Waals surface area contributed by atoms with Crippen molar-refractivity contribution in [2.24, 2.45) is 68.8 Å². The molecule has 6 saturated carbocycles. The van der Waals surface area contributed by atoms with E-state index >= 15 is 0 Å². The Morgan fingerprint density at radius 2 is 1.68 bits per heavy atom. The minimum absolute atomic E-state index is 0.000212. The van der Waals surface area contributed by atoms with E-state index in [4.69, 9.17) is 26.2 Å². The second kappa shape index (κ2) is 15.0. The molecule has 0 spiro atoms. The second-order valence-corrected chi connectivity index (χ2v) is 21.5. The maximum atomic E-state index is 13.7. The molecule has 320 valence electrons. The lowest BCUT2D eigenvalue weighted by atomic mass is 9.46. The van der Waals surface area contributed by atoms with Gasteiger partial charge in [0, 0.05) is 48.5 Å². The molecule has 0 aromatic carbocycles. The number of nitrogens with two attached hydrogens (primary N) is 1. The molecule has 9 nitrogen and oxygen atoms in total. The molecule has 0 bridgehead atoms. The highest BCUT2D eigenvalue weighted by Crippen LogP contribution is 2.69. The van der Waals surface area contributed by atoms with Crippen molar-refractivity contribution in [3.05, 3.63) is 34.7 Å². The Labute approximate surface area is 352 Å². The summed E-state index contributed by atoms with van der Waals surface area (Å²) in [6, 6.07) is 0. The number of terminal acetylenes is 1. The maximum Gasteiger partial charge on any atom is 0.307 e. The normalized spacial score (nSPS) is 43.0. The molecular weight excluding hydrogens is 739 g/mol. The number of hydrogen-bond acceptors (Lipinski definition) is 9. The molecule has 3 N–H and O–H groups in total. The van der Waals surface area contributed by atoms with Crippen molar-refractivity contribution in [2.75, 3.05) is 19.6 Å². The Hall–Kier alpha value is -3.22. The average Bonchev–Trinajstić information content (AvgIpc) is 3.90. The monoisotopic (exact) mass is 808 g/mol. The van der Waals surface area contributed by atoms with Crippen LogP contribution >= 0.6 is 0 Å². The van der Waals surface area contributed by atoms with Gasteiger partial charge in [-0.2, -0.15) is 0 Å². The largest absolute Gasteiger partial charge is 0.462 e. The van der Waals surface area contributed by atoms with Crippen molar-refractivity contribution in [2.45, 2.75) is 155 Å². The molecular formula is C50H69N3O6. The van der Waals surface area contributed by atoms with Crippen LogP contribution in [-0.2, 0) is 30.3 Å². The van der Waals surface area contributed by atoms with Crippen LogP contribution in [0.3, 0.4) is 0 Å². The smallest absolute Gasteiger partial charge is 0.307 e. The fraction of sp³-hybridized carbons (Fsp3) is 0.760. The number of Topliss-reactive ketones (excluding diaryl/α,β-unsaturated/α-hetero) is 1. The number of fused-ring (bicyclic) bond motifs is 11. The molecule has 6 fully saturated rings. The molecule has 9 heteroatoms. The zero-order chi connectivity index (χ0) is 41.5. The lowest BCUT2D eigenvalue weighted by molar-refractivity contribution is -0.173. The zero-order valence-corrected chi connectivity index (χ0v) is 36.5. The number of carbonyl (C=O) groups excluding carboxylic acids is 3. The number of nitrogens with one attached hydrogen (secondary N) is 1. The van der Waals surface area contributed by atoms with Crippen LogP contribution in [0.4, 0.5) is 0 Å². The molecule has 0 radical (unpaired) electrons. The van der Waals surface area contributed by atoms with Gasteiger partial charge in [0.1, 0.15) is 11.9 Å². The molecule has 1 aromatic heterocycles. The number of allylic oxidation sites excluding steroid dienone is 2. The van der Waals surface area contributed by atoms with Gasteiger partial charge in [-0.25, -0.2) is 0 Å². The van der Waals surface area contributed by atoms with Crippen molar-refractivity contribution in [1.82, 2.24) is 10.5 Å². The summed E-state index contributed by atoms with van der Waals surface area (Å²) in [6.07, 6.45) is 25.4. The van der Waals surface area contributed by atoms with Crippen LogP contribution in [0.15, 0.2) is 27.9 Å². The molecule has 8 aliphatic carbocycles. The van der Waals surface area contributed by atoms with Crippen molar-refractivity contribution in [3.8, 4) is 12.3 Å². The van der Waals surface area contributed by atoms with Crippen LogP contribution in [0.25, 0.3) is 5.57 Å². The third-order valence-electron chi connectivity index (χ3n) is 19.2. The van der Waals surface area contributed by atoms with E-state index in [0.29, 0.717) is 54.3 Å². The summed E-state index contributed by atoms with van der Waals surface area (Å²) in [7, 11) is 0. The molecule has 9 rings (SSSR count). The number of carbonyl (C=O) groups is 3. The number of ether oxygens (including phenoxy) is 2. The Morgan fingerprint density at radius 1 is 0.915 bits per heavy atom. The summed E-state index contributed by atoms with van der Waals surface area (Å²) >= 11 is 0. The quantitative estimate of drug-likeness (QED) is 0.103. The van der Waals surface area contributed by atoms with E-state index in [0.717, 1.165) is 95.9 Å². The molecule has 0 aliphatic heterocycles. The molecule has 13 atom stereocenters. The topological polar surface area (TPSA) is 134 Å². The van der Waals surface area contributed by atoms with Gasteiger partial charge in [0.2, 0.25) is 0 Å². The highest BCUT2D eigenvalue weighted by molar-refractivity contribution is 5.80. The Morgan fingerprint density at radius 3 is 2.46 bits per heavy atom. The van der Waals surface area contributed by atoms with Crippen LogP contribution in [0.1, 0.15) is 149 Å². The van der Waals surface area contributed by atoms with Crippen LogP contribution in [0, 0.1) is 75.4 Å². The fourth-order valence-electron chi connectivity index (χ4n) is 16.2. The second-order valence-electron chi connectivity index (χ2n) is 21.5. The molecule has 0 amide bonds. The minimum Gasteiger partial charge on any atom is -0.462 e. The van der Waals surface area contributed by atoms with Gasteiger partial charge < -0.3 is 25.0 Å². The standard InChI is InChI=1S/C50H69N3O6/c1-7-50(23-19-42-35-10-11-39-36(29-52-25-24-51)45-31(28-53-59-45)27-48(39,5)41(35)18-22-49(42,50)6)58-44(56)15-14-43(55)57-33-16-20-46(3)32(26-33)8-9-34-38-13-12-37(30(2)54)47(38,4)21-17-40(34)46/h1,8,28,33-35,37-38,40-42,52H,9-27,29,51H2,2-6H3/t33-,34-,35+,37+,38-,40-,41-,42-,46-,47+,48-,49-,50+/m0/s1. The average molecular weight is 808 g/mol. The van der Waals surface area contributed by atoms with Crippen LogP contribution in [0.2, 0.25) is 0 Å². The van der Waals surface area contributed by atoms with Crippen LogP contribution in [0.5, 0.6) is 0 Å². The summed E-state index contributed by atoms with van der Waals surface area (Å²) in [5.41, 5.74) is 10.2. The van der Waals surface area contributed by atoms with E-state index in [9.17, 15) is 14.4 Å². The molecule has 0 saturated heterocycles. The van der Waals surface area contributed by atoms with Crippen molar-refractivity contribution >= 4 is 23.3 Å². The molecule has 1 heterocycles. The maximum absolute atomic E-state index is 13.7. The van der Waals surface area contributed by atoms with Gasteiger partial charge in [-0.05, 0) is 149 Å². The van der Waals surface area contributed by atoms with Gasteiger partial charge in [0.25, 0.3) is 0 Å². The van der Waals surface area contributed by atoms with E-state index in [1.54, 1.807) is 6.92 Å². The molecule has 0 unspecified atom stereocenters. The number of nitrogens with zero attached hydrogens (tertiary/aromatic N) is 1. The summed E-state index contributed by atoms with van der Waals surface area (Å²) in [4.78, 5) is 39.6. The predicted octanol–water partition coefficient (Wildman–Crippen LogP) is 8.55. The lowest BCUT2D eigenvalue weighted by Gasteiger charge is -2.59. The third kappa shape index (κ3) is 6.29. The molecule has 59 heavy (non-hydrogen) atoms. The highest BCUT2D eigenvalue weighted by Gasteiger charge is 2.66.